The van der Waals surface area contributed by atoms with E-state index >= 15 is 0 Å². The molecule has 0 fully saturated rings. The van der Waals surface area contributed by atoms with Gasteiger partial charge in [-0.25, -0.2) is 0 Å². The van der Waals surface area contributed by atoms with Gasteiger partial charge in [0.05, 0.1) is 20.8 Å². The standard InChI is InChI=1S/C26H24O5S/c1-28-14-15-31-20-10-4-17(5-11-20)25(27)24-22-13-12-21(30-3)16-23(22)32-26(24)18-6-8-19(29-2)9-7-18/h4-13,16H,14-15H2,1-3H3. The molecule has 0 aliphatic carbocycles. The lowest BCUT2D eigenvalue weighted by Gasteiger charge is -2.08. The molecule has 0 N–H and O–H groups in total. The fourth-order valence-corrected chi connectivity index (χ4v) is 4.70. The number of ether oxygens (including phenoxy) is 4. The molecule has 0 spiro atoms. The summed E-state index contributed by atoms with van der Waals surface area (Å²) >= 11 is 1.58. The molecule has 0 radical (unpaired) electrons. The zero-order valence-corrected chi connectivity index (χ0v) is 19.0. The highest BCUT2D eigenvalue weighted by molar-refractivity contribution is 7.22. The first kappa shape index (κ1) is 21.9. The summed E-state index contributed by atoms with van der Waals surface area (Å²) in [6.07, 6.45) is 0. The number of methoxy groups -OCH3 is 3. The largest absolute Gasteiger partial charge is 0.497 e. The first-order chi connectivity index (χ1) is 15.6. The van der Waals surface area contributed by atoms with Gasteiger partial charge in [0.25, 0.3) is 0 Å². The van der Waals surface area contributed by atoms with Gasteiger partial charge in [0.1, 0.15) is 23.9 Å². The second-order valence-electron chi connectivity index (χ2n) is 7.09. The average Bonchev–Trinajstić information content (AvgIpc) is 3.23. The summed E-state index contributed by atoms with van der Waals surface area (Å²) in [5.41, 5.74) is 2.26. The summed E-state index contributed by atoms with van der Waals surface area (Å²) in [4.78, 5) is 14.6. The molecule has 0 saturated heterocycles. The molecule has 0 unspecified atom stereocenters. The van der Waals surface area contributed by atoms with E-state index in [0.717, 1.165) is 32.0 Å². The average molecular weight is 449 g/mol. The SMILES string of the molecule is COCCOc1ccc(C(=O)c2c(-c3ccc(OC)cc3)sc3cc(OC)ccc23)cc1. The second kappa shape index (κ2) is 9.85. The van der Waals surface area contributed by atoms with Gasteiger partial charge in [-0.05, 0) is 72.3 Å². The van der Waals surface area contributed by atoms with Crippen molar-refractivity contribution in [2.24, 2.45) is 0 Å². The molecule has 0 bridgehead atoms. The van der Waals surface area contributed by atoms with Crippen LogP contribution in [0.5, 0.6) is 17.2 Å². The fraction of sp³-hybridized carbons (Fsp3) is 0.192. The number of carbonyl (C=O) groups is 1. The van der Waals surface area contributed by atoms with Crippen molar-refractivity contribution in [2.75, 3.05) is 34.5 Å². The van der Waals surface area contributed by atoms with Gasteiger partial charge in [0.15, 0.2) is 5.78 Å². The van der Waals surface area contributed by atoms with Crippen LogP contribution in [0, 0.1) is 0 Å². The van der Waals surface area contributed by atoms with E-state index in [-0.39, 0.29) is 5.78 Å². The maximum Gasteiger partial charge on any atom is 0.195 e. The Balaban J connectivity index is 1.76. The third-order valence-corrected chi connectivity index (χ3v) is 6.35. The van der Waals surface area contributed by atoms with Gasteiger partial charge >= 0.3 is 0 Å². The highest BCUT2D eigenvalue weighted by atomic mass is 32.1. The van der Waals surface area contributed by atoms with Crippen molar-refractivity contribution in [3.05, 3.63) is 77.9 Å². The lowest BCUT2D eigenvalue weighted by Crippen LogP contribution is -2.05. The van der Waals surface area contributed by atoms with Gasteiger partial charge in [-0.2, -0.15) is 0 Å². The first-order valence-electron chi connectivity index (χ1n) is 10.2. The van der Waals surface area contributed by atoms with Crippen molar-refractivity contribution in [2.45, 2.75) is 0 Å². The Labute approximate surface area is 191 Å². The van der Waals surface area contributed by atoms with Crippen LogP contribution in [0.15, 0.2) is 66.7 Å². The summed E-state index contributed by atoms with van der Waals surface area (Å²) < 4.78 is 22.3. The van der Waals surface area contributed by atoms with Crippen molar-refractivity contribution in [3.8, 4) is 27.7 Å². The zero-order valence-electron chi connectivity index (χ0n) is 18.2. The van der Waals surface area contributed by atoms with E-state index in [0.29, 0.717) is 30.1 Å². The second-order valence-corrected chi connectivity index (χ2v) is 8.14. The Bertz CT molecular complexity index is 1210. The quantitative estimate of drug-likeness (QED) is 0.238. The van der Waals surface area contributed by atoms with Crippen molar-refractivity contribution in [1.82, 2.24) is 0 Å². The highest BCUT2D eigenvalue weighted by Crippen LogP contribution is 2.41. The van der Waals surface area contributed by atoms with Gasteiger partial charge in [0.2, 0.25) is 0 Å². The number of hydrogen-bond acceptors (Lipinski definition) is 6. The number of thiophene rings is 1. The maximum atomic E-state index is 13.7. The van der Waals surface area contributed by atoms with Crippen LogP contribution in [0.4, 0.5) is 0 Å². The van der Waals surface area contributed by atoms with Crippen LogP contribution in [0.3, 0.4) is 0 Å². The minimum absolute atomic E-state index is 0.0318. The Kier molecular flexibility index (Phi) is 6.73. The Morgan fingerprint density at radius 3 is 2.09 bits per heavy atom. The highest BCUT2D eigenvalue weighted by Gasteiger charge is 2.22. The minimum Gasteiger partial charge on any atom is -0.497 e. The van der Waals surface area contributed by atoms with Crippen molar-refractivity contribution in [3.63, 3.8) is 0 Å². The Morgan fingerprint density at radius 1 is 0.781 bits per heavy atom. The number of hydrogen-bond donors (Lipinski definition) is 0. The van der Waals surface area contributed by atoms with E-state index in [4.69, 9.17) is 18.9 Å². The van der Waals surface area contributed by atoms with E-state index in [2.05, 4.69) is 0 Å². The van der Waals surface area contributed by atoms with E-state index in [9.17, 15) is 4.79 Å². The topological polar surface area (TPSA) is 54.0 Å². The first-order valence-corrected chi connectivity index (χ1v) is 11.0. The molecule has 0 atom stereocenters. The fourth-order valence-electron chi connectivity index (χ4n) is 3.46. The van der Waals surface area contributed by atoms with Crippen LogP contribution in [0.25, 0.3) is 20.5 Å². The molecule has 0 aliphatic heterocycles. The number of fused-ring (bicyclic) bond motifs is 1. The molecule has 32 heavy (non-hydrogen) atoms. The van der Waals surface area contributed by atoms with Crippen LogP contribution in [0.2, 0.25) is 0 Å². The Hall–Kier alpha value is -3.35. The van der Waals surface area contributed by atoms with Crippen LogP contribution in [0.1, 0.15) is 15.9 Å². The van der Waals surface area contributed by atoms with Gasteiger partial charge in [0, 0.05) is 33.2 Å². The molecule has 0 amide bonds. The van der Waals surface area contributed by atoms with Crippen LogP contribution in [-0.4, -0.2) is 40.3 Å². The lowest BCUT2D eigenvalue weighted by atomic mass is 9.97. The van der Waals surface area contributed by atoms with Gasteiger partial charge in [-0.1, -0.05) is 0 Å². The van der Waals surface area contributed by atoms with Gasteiger partial charge in [-0.3, -0.25) is 4.79 Å². The molecule has 1 heterocycles. The lowest BCUT2D eigenvalue weighted by molar-refractivity contribution is 0.104. The maximum absolute atomic E-state index is 13.7. The minimum atomic E-state index is -0.0318. The van der Waals surface area contributed by atoms with Crippen molar-refractivity contribution in [1.29, 1.82) is 0 Å². The van der Waals surface area contributed by atoms with Gasteiger partial charge < -0.3 is 18.9 Å². The predicted octanol–water partition coefficient (Wildman–Crippen LogP) is 5.84. The number of rotatable bonds is 9. The molecule has 5 nitrogen and oxygen atoms in total. The van der Waals surface area contributed by atoms with Crippen LogP contribution < -0.4 is 14.2 Å². The van der Waals surface area contributed by atoms with E-state index in [1.165, 1.54) is 0 Å². The predicted molar refractivity (Wildman–Crippen MR) is 128 cm³/mol. The number of benzene rings is 3. The third kappa shape index (κ3) is 4.47. The zero-order chi connectivity index (χ0) is 22.5. The molecule has 6 heteroatoms. The van der Waals surface area contributed by atoms with Crippen LogP contribution >= 0.6 is 11.3 Å². The molecule has 164 valence electrons. The van der Waals surface area contributed by atoms with E-state index < -0.39 is 0 Å². The summed E-state index contributed by atoms with van der Waals surface area (Å²) in [5.74, 6) is 2.20. The summed E-state index contributed by atoms with van der Waals surface area (Å²) in [7, 11) is 4.91. The molecule has 0 aliphatic rings. The van der Waals surface area contributed by atoms with Gasteiger partial charge in [-0.15, -0.1) is 11.3 Å². The molecular formula is C26H24O5S. The van der Waals surface area contributed by atoms with Crippen LogP contribution in [-0.2, 0) is 4.74 Å². The summed E-state index contributed by atoms with van der Waals surface area (Å²) in [5, 5.41) is 0.909. The number of carbonyl (C=O) groups excluding carboxylic acids is 1. The molecule has 3 aromatic carbocycles. The van der Waals surface area contributed by atoms with Crippen molar-refractivity contribution >= 4 is 27.2 Å². The molecule has 4 rings (SSSR count). The van der Waals surface area contributed by atoms with E-state index in [1.54, 1.807) is 44.8 Å². The molecule has 4 aromatic rings. The van der Waals surface area contributed by atoms with Crippen molar-refractivity contribution < 1.29 is 23.7 Å². The molecular weight excluding hydrogens is 424 g/mol. The number of ketones is 1. The smallest absolute Gasteiger partial charge is 0.195 e. The molecule has 1 aromatic heterocycles. The normalized spacial score (nSPS) is 10.8. The molecule has 0 saturated carbocycles. The van der Waals surface area contributed by atoms with E-state index in [1.807, 2.05) is 54.6 Å². The monoisotopic (exact) mass is 448 g/mol. The summed E-state index contributed by atoms with van der Waals surface area (Å²) in [6, 6.07) is 20.8. The summed E-state index contributed by atoms with van der Waals surface area (Å²) in [6.45, 7) is 0.971. The Morgan fingerprint density at radius 2 is 1.44 bits per heavy atom. The third-order valence-electron chi connectivity index (χ3n) is 5.15.